The average molecular weight is 382 g/mol. The van der Waals surface area contributed by atoms with E-state index in [1.165, 1.54) is 114 Å². The Morgan fingerprint density at radius 2 is 0.958 bits per heavy atom. The monoisotopic (exact) mass is 381 g/mol. The van der Waals surface area contributed by atoms with Crippen molar-refractivity contribution in [3.63, 3.8) is 0 Å². The molecule has 0 atom stereocenters. The Kier molecular flexibility index (Phi) is 22.3. The summed E-state index contributed by atoms with van der Waals surface area (Å²) in [6.07, 6.45) is 23.7. The van der Waals surface area contributed by atoms with Crippen LogP contribution < -0.4 is 0 Å². The van der Waals surface area contributed by atoms with Crippen molar-refractivity contribution in [1.82, 2.24) is 0 Å². The van der Waals surface area contributed by atoms with Crippen molar-refractivity contribution in [1.29, 1.82) is 0 Å². The van der Waals surface area contributed by atoms with Crippen molar-refractivity contribution in [3.8, 4) is 0 Å². The number of hydrogen-bond acceptors (Lipinski definition) is 0. The summed E-state index contributed by atoms with van der Waals surface area (Å²) in [5.41, 5.74) is 0. The molecule has 24 heavy (non-hydrogen) atoms. The van der Waals surface area contributed by atoms with Crippen molar-refractivity contribution >= 4 is 25.9 Å². The molecule has 141 valence electrons. The molecular formula is C21H45Si3. The molecule has 0 unspecified atom stereocenters. The summed E-state index contributed by atoms with van der Waals surface area (Å²) in [7, 11) is 2.72. The first kappa shape index (κ1) is 24.7. The van der Waals surface area contributed by atoms with Gasteiger partial charge in [0, 0.05) is 25.9 Å². The summed E-state index contributed by atoms with van der Waals surface area (Å²) >= 11 is 0. The summed E-state index contributed by atoms with van der Waals surface area (Å²) in [5.74, 6) is 0. The summed E-state index contributed by atoms with van der Waals surface area (Å²) in [6.45, 7) is 7.10. The number of hydrogen-bond donors (Lipinski definition) is 0. The predicted molar refractivity (Wildman–Crippen MR) is 118 cm³/mol. The van der Waals surface area contributed by atoms with Crippen LogP contribution in [-0.4, -0.2) is 25.9 Å². The molecule has 0 bridgehead atoms. The minimum absolute atomic E-state index is 0.0663. The van der Waals surface area contributed by atoms with E-state index in [9.17, 15) is 0 Å². The van der Waals surface area contributed by atoms with Gasteiger partial charge >= 0.3 is 0 Å². The second-order valence-corrected chi connectivity index (χ2v) is 17.8. The van der Waals surface area contributed by atoms with Gasteiger partial charge in [-0.25, -0.2) is 0 Å². The van der Waals surface area contributed by atoms with Crippen LogP contribution in [0.3, 0.4) is 0 Å². The van der Waals surface area contributed by atoms with Gasteiger partial charge < -0.3 is 0 Å². The first-order valence-corrected chi connectivity index (χ1v) is 17.5. The third kappa shape index (κ3) is 19.0. The van der Waals surface area contributed by atoms with E-state index in [4.69, 9.17) is 0 Å². The standard InChI is InChI=1S/C21H45Si3/c1-4-6-8-10-12-14-16-18-20-23-24(22-3)21-19-17-15-13-11-9-7-5-2/h4-21H2,1-3H3. The molecule has 0 aliphatic heterocycles. The van der Waals surface area contributed by atoms with E-state index in [0.717, 1.165) is 0 Å². The van der Waals surface area contributed by atoms with Crippen molar-refractivity contribution < 1.29 is 0 Å². The highest BCUT2D eigenvalue weighted by Gasteiger charge is 2.09. The SMILES string of the molecule is CCCCCCCCCC[Si][Si](CCCCCCCCCC)[Si]C. The summed E-state index contributed by atoms with van der Waals surface area (Å²) in [6, 6.07) is 3.20. The quantitative estimate of drug-likeness (QED) is 0.150. The van der Waals surface area contributed by atoms with Gasteiger partial charge in [-0.2, -0.15) is 0 Å². The van der Waals surface area contributed by atoms with Gasteiger partial charge in [0.25, 0.3) is 0 Å². The summed E-state index contributed by atoms with van der Waals surface area (Å²) in [4.78, 5) is 0. The molecule has 0 rings (SSSR count). The maximum atomic E-state index is 2.49. The second-order valence-electron chi connectivity index (χ2n) is 7.36. The largest absolute Gasteiger partial charge is 0.0759 e. The fraction of sp³-hybridized carbons (Fsp3) is 1.00. The summed E-state index contributed by atoms with van der Waals surface area (Å²) in [5, 5.41) is 0. The molecule has 0 aliphatic carbocycles. The molecule has 5 radical (unpaired) electrons. The van der Waals surface area contributed by atoms with Gasteiger partial charge in [-0.1, -0.05) is 135 Å². The second kappa shape index (κ2) is 21.7. The molecule has 0 aromatic heterocycles. The lowest BCUT2D eigenvalue weighted by atomic mass is 10.1. The average Bonchev–Trinajstić information content (AvgIpc) is 2.60. The van der Waals surface area contributed by atoms with E-state index in [2.05, 4.69) is 20.4 Å². The molecule has 0 saturated carbocycles. The Morgan fingerprint density at radius 1 is 0.542 bits per heavy atom. The van der Waals surface area contributed by atoms with E-state index < -0.39 is 0 Å². The van der Waals surface area contributed by atoms with E-state index in [1.54, 1.807) is 18.5 Å². The van der Waals surface area contributed by atoms with Gasteiger partial charge in [-0.3, -0.25) is 0 Å². The lowest BCUT2D eigenvalue weighted by Crippen LogP contribution is -2.28. The minimum Gasteiger partial charge on any atom is -0.0759 e. The Morgan fingerprint density at radius 3 is 1.42 bits per heavy atom. The van der Waals surface area contributed by atoms with Crippen LogP contribution in [0.1, 0.15) is 117 Å². The van der Waals surface area contributed by atoms with E-state index in [1.807, 2.05) is 0 Å². The van der Waals surface area contributed by atoms with Gasteiger partial charge in [0.05, 0.1) is 0 Å². The highest BCUT2D eigenvalue weighted by Crippen LogP contribution is 2.12. The van der Waals surface area contributed by atoms with Gasteiger partial charge in [0.15, 0.2) is 0 Å². The zero-order valence-electron chi connectivity index (χ0n) is 17.2. The van der Waals surface area contributed by atoms with E-state index >= 15 is 0 Å². The van der Waals surface area contributed by atoms with Crippen molar-refractivity contribution in [2.24, 2.45) is 0 Å². The van der Waals surface area contributed by atoms with Crippen molar-refractivity contribution in [3.05, 3.63) is 0 Å². The molecular weight excluding hydrogens is 336 g/mol. The molecule has 0 nitrogen and oxygen atoms in total. The topological polar surface area (TPSA) is 0 Å². The first-order chi connectivity index (χ1) is 11.8. The molecule has 0 saturated heterocycles. The third-order valence-corrected chi connectivity index (χ3v) is 16.6. The molecule has 3 heteroatoms. The van der Waals surface area contributed by atoms with Gasteiger partial charge in [-0.05, 0) is 0 Å². The summed E-state index contributed by atoms with van der Waals surface area (Å²) < 4.78 is 0. The lowest BCUT2D eigenvalue weighted by molar-refractivity contribution is 0.584. The van der Waals surface area contributed by atoms with E-state index in [-0.39, 0.29) is 7.83 Å². The first-order valence-electron chi connectivity index (χ1n) is 11.1. The Bertz CT molecular complexity index is 221. The predicted octanol–water partition coefficient (Wildman–Crippen LogP) is 7.63. The highest BCUT2D eigenvalue weighted by atomic mass is 29.6. The Balaban J connectivity index is 3.28. The molecule has 0 aromatic carbocycles. The fourth-order valence-electron chi connectivity index (χ4n) is 3.24. The molecule has 0 aromatic rings. The molecule has 0 fully saturated rings. The molecule has 0 N–H and O–H groups in total. The zero-order valence-corrected chi connectivity index (χ0v) is 20.2. The van der Waals surface area contributed by atoms with Gasteiger partial charge in [-0.15, -0.1) is 0 Å². The van der Waals surface area contributed by atoms with Gasteiger partial charge in [0.1, 0.15) is 0 Å². The van der Waals surface area contributed by atoms with Crippen LogP contribution in [0, 0.1) is 0 Å². The fourth-order valence-corrected chi connectivity index (χ4v) is 12.2. The van der Waals surface area contributed by atoms with Crippen molar-refractivity contribution in [2.45, 2.75) is 135 Å². The van der Waals surface area contributed by atoms with Crippen LogP contribution in [0.4, 0.5) is 0 Å². The highest BCUT2D eigenvalue weighted by molar-refractivity contribution is 7.39. The van der Waals surface area contributed by atoms with Crippen molar-refractivity contribution in [2.75, 3.05) is 0 Å². The Hall–Kier alpha value is 0.651. The van der Waals surface area contributed by atoms with Crippen LogP contribution in [0.25, 0.3) is 0 Å². The molecule has 0 aliphatic rings. The van der Waals surface area contributed by atoms with Crippen LogP contribution in [0.15, 0.2) is 0 Å². The van der Waals surface area contributed by atoms with Crippen LogP contribution in [0.2, 0.25) is 18.6 Å². The number of rotatable bonds is 20. The van der Waals surface area contributed by atoms with E-state index in [0.29, 0.717) is 0 Å². The molecule has 0 spiro atoms. The lowest BCUT2D eigenvalue weighted by Gasteiger charge is -2.11. The molecule has 0 amide bonds. The third-order valence-electron chi connectivity index (χ3n) is 4.95. The zero-order chi connectivity index (χ0) is 17.7. The normalized spacial score (nSPS) is 11.5. The maximum absolute atomic E-state index is 2.49. The Labute approximate surface area is 161 Å². The molecule has 0 heterocycles. The van der Waals surface area contributed by atoms with Crippen LogP contribution in [-0.2, 0) is 0 Å². The minimum atomic E-state index is 0.0663. The maximum Gasteiger partial charge on any atom is 0.0222 e. The number of unbranched alkanes of at least 4 members (excludes halogenated alkanes) is 14. The van der Waals surface area contributed by atoms with Crippen LogP contribution >= 0.6 is 0 Å². The smallest absolute Gasteiger partial charge is 0.0222 e. The van der Waals surface area contributed by atoms with Gasteiger partial charge in [0.2, 0.25) is 0 Å². The van der Waals surface area contributed by atoms with Crippen LogP contribution in [0.5, 0.6) is 0 Å².